The van der Waals surface area contributed by atoms with Gasteiger partial charge in [-0.2, -0.15) is 0 Å². The van der Waals surface area contributed by atoms with Gasteiger partial charge in [0.05, 0.1) is 35.4 Å². The number of rotatable bonds is 7. The van der Waals surface area contributed by atoms with Crippen molar-refractivity contribution < 1.29 is 53.4 Å². The first-order valence-corrected chi connectivity index (χ1v) is 19.0. The third-order valence-electron chi connectivity index (χ3n) is 13.2. The minimum atomic E-state index is -1.76. The van der Waals surface area contributed by atoms with Gasteiger partial charge in [-0.3, -0.25) is 4.79 Å². The van der Waals surface area contributed by atoms with E-state index in [1.807, 2.05) is 13.8 Å². The van der Waals surface area contributed by atoms with Gasteiger partial charge in [0.15, 0.2) is 5.78 Å². The first kappa shape index (κ1) is 40.6. The lowest BCUT2D eigenvalue weighted by Crippen LogP contribution is -2.75. The van der Waals surface area contributed by atoms with Crippen molar-refractivity contribution in [3.8, 4) is 0 Å². The lowest BCUT2D eigenvalue weighted by atomic mass is 9.40. The van der Waals surface area contributed by atoms with Gasteiger partial charge in [0.1, 0.15) is 23.9 Å². The first-order valence-electron chi connectivity index (χ1n) is 19.0. The highest BCUT2D eigenvalue weighted by Gasteiger charge is 2.73. The number of esters is 2. The maximum Gasteiger partial charge on any atom is 0.408 e. The second-order valence-electron chi connectivity index (χ2n) is 17.9. The van der Waals surface area contributed by atoms with Crippen molar-refractivity contribution in [2.24, 2.45) is 28.1 Å². The molecule has 2 bridgehead atoms. The molecule has 0 spiro atoms. The fourth-order valence-electron chi connectivity index (χ4n) is 10.2. The Morgan fingerprint density at radius 2 is 1.56 bits per heavy atom. The molecular weight excluding hydrogens is 706 g/mol. The van der Waals surface area contributed by atoms with Crippen LogP contribution in [0.5, 0.6) is 0 Å². The van der Waals surface area contributed by atoms with E-state index in [9.17, 15) is 34.5 Å². The highest BCUT2D eigenvalue weighted by Crippen LogP contribution is 2.66. The smallest absolute Gasteiger partial charge is 0.408 e. The zero-order valence-corrected chi connectivity index (χ0v) is 33.1. The molecule has 4 aliphatic rings. The summed E-state index contributed by atoms with van der Waals surface area (Å²) in [4.78, 5) is 56.2. The Balaban J connectivity index is 1.44. The normalized spacial score (nSPS) is 35.0. The largest absolute Gasteiger partial charge is 0.455 e. The molecule has 2 aromatic rings. The average molecular weight is 762 g/mol. The van der Waals surface area contributed by atoms with Crippen molar-refractivity contribution in [1.29, 1.82) is 0 Å². The number of amides is 1. The van der Waals surface area contributed by atoms with Crippen LogP contribution in [-0.2, 0) is 28.5 Å². The summed E-state index contributed by atoms with van der Waals surface area (Å²) in [6.45, 7) is 16.1. The van der Waals surface area contributed by atoms with E-state index in [0.29, 0.717) is 17.7 Å². The highest BCUT2D eigenvalue weighted by atomic mass is 16.6. The second-order valence-corrected chi connectivity index (χ2v) is 17.9. The van der Waals surface area contributed by atoms with Gasteiger partial charge in [-0.25, -0.2) is 14.4 Å². The van der Waals surface area contributed by atoms with E-state index in [1.54, 1.807) is 97.0 Å². The van der Waals surface area contributed by atoms with Crippen LogP contribution in [0.25, 0.3) is 0 Å². The molecule has 1 amide bonds. The molecule has 4 N–H and O–H groups in total. The molecular formula is C43H55NO11. The van der Waals surface area contributed by atoms with Crippen LogP contribution in [0.2, 0.25) is 0 Å². The van der Waals surface area contributed by atoms with E-state index >= 15 is 0 Å². The van der Waals surface area contributed by atoms with E-state index in [4.69, 9.17) is 18.9 Å². The number of fused-ring (bicyclic) bond motifs is 5. The molecule has 1 aliphatic heterocycles. The van der Waals surface area contributed by atoms with Crippen molar-refractivity contribution >= 4 is 23.8 Å². The predicted octanol–water partition coefficient (Wildman–Crippen LogP) is 5.24. The number of alkyl carbamates (subject to hydrolysis) is 1. The molecule has 3 fully saturated rings. The van der Waals surface area contributed by atoms with E-state index in [0.717, 1.165) is 0 Å². The summed E-state index contributed by atoms with van der Waals surface area (Å²) >= 11 is 0. The van der Waals surface area contributed by atoms with Gasteiger partial charge in [0, 0.05) is 23.7 Å². The highest BCUT2D eigenvalue weighted by molar-refractivity contribution is 5.93. The number of carbonyl (C=O) groups excluding carboxylic acids is 4. The summed E-state index contributed by atoms with van der Waals surface area (Å²) in [6.07, 6.45) is -6.96. The number of nitrogens with one attached hydrogen (secondary N) is 1. The van der Waals surface area contributed by atoms with E-state index in [1.165, 1.54) is 12.1 Å². The number of benzene rings is 2. The van der Waals surface area contributed by atoms with Gasteiger partial charge in [-0.05, 0) is 75.3 Å². The van der Waals surface area contributed by atoms with Crippen molar-refractivity contribution in [3.05, 3.63) is 82.9 Å². The summed E-state index contributed by atoms with van der Waals surface area (Å²) in [5.41, 5.74) is -4.68. The molecule has 3 aliphatic carbocycles. The molecule has 6 rings (SSSR count). The summed E-state index contributed by atoms with van der Waals surface area (Å²) in [7, 11) is 0. The van der Waals surface area contributed by atoms with Gasteiger partial charge in [0.25, 0.3) is 0 Å². The minimum Gasteiger partial charge on any atom is -0.455 e. The Kier molecular flexibility index (Phi) is 10.4. The molecule has 55 heavy (non-hydrogen) atoms. The van der Waals surface area contributed by atoms with Crippen molar-refractivity contribution in [3.63, 3.8) is 0 Å². The molecule has 12 heteroatoms. The Labute approximate surface area is 322 Å². The summed E-state index contributed by atoms with van der Waals surface area (Å²) in [5.74, 6) is -3.75. The van der Waals surface area contributed by atoms with Crippen LogP contribution in [0.3, 0.4) is 0 Å². The van der Waals surface area contributed by atoms with Gasteiger partial charge >= 0.3 is 18.0 Å². The standard InChI is InChI=1S/C43H55NO11/c1-23-27(21-43(51)24(2)34-41(8)22-52-29(41)20-28(45)42(34,9)35(47)32(46)30(23)40(43,6)7)53-37(49)33(54-36(48)26-18-14-11-15-19-26)31(25-16-12-10-13-17-25)44-38(50)55-39(3,4)5/h10-19,24,27-29,31-34,45-46,51H,20-22H2,1-9H3,(H,44,50)/t24-,27-,28-,29+,31-,32+,33+,34?,41+,42+,43+/m0/s1. The number of ketones is 1. The number of carbonyl (C=O) groups is 4. The molecule has 2 aromatic carbocycles. The van der Waals surface area contributed by atoms with E-state index in [-0.39, 0.29) is 30.1 Å². The van der Waals surface area contributed by atoms with Crippen molar-refractivity contribution in [1.82, 2.24) is 5.32 Å². The topological polar surface area (TPSA) is 178 Å². The van der Waals surface area contributed by atoms with Crippen LogP contribution in [0, 0.1) is 28.1 Å². The molecule has 11 atom stereocenters. The van der Waals surface area contributed by atoms with E-state index < -0.39 is 93.6 Å². The zero-order valence-electron chi connectivity index (χ0n) is 33.1. The SMILES string of the molecule is CC1=C2[C@@H](O)C(=O)[C@@]3(C)C([C@H](C)[C@](O)(C[C@@H]1OC(=O)[C@H](OC(=O)c1ccccc1)[C@@H](NC(=O)OC(C)(C)C)c1ccccc1)C2(C)C)[C@]1(C)CO[C@@H]1C[C@@H]3O. The summed E-state index contributed by atoms with van der Waals surface area (Å²) < 4.78 is 23.6. The lowest BCUT2D eigenvalue weighted by Gasteiger charge is -2.68. The Morgan fingerprint density at radius 1 is 0.964 bits per heavy atom. The second kappa shape index (κ2) is 14.1. The van der Waals surface area contributed by atoms with Gasteiger partial charge < -0.3 is 39.6 Å². The van der Waals surface area contributed by atoms with Crippen LogP contribution in [-0.4, -0.2) is 87.5 Å². The quantitative estimate of drug-likeness (QED) is 0.165. The first-order chi connectivity index (χ1) is 25.6. The maximum atomic E-state index is 14.7. The predicted molar refractivity (Wildman–Crippen MR) is 200 cm³/mol. The van der Waals surface area contributed by atoms with Crippen LogP contribution < -0.4 is 5.32 Å². The summed E-state index contributed by atoms with van der Waals surface area (Å²) in [6, 6.07) is 15.3. The van der Waals surface area contributed by atoms with Crippen LogP contribution in [0.1, 0.15) is 97.1 Å². The number of ether oxygens (including phenoxy) is 4. The van der Waals surface area contributed by atoms with Gasteiger partial charge in [0.2, 0.25) is 6.10 Å². The third kappa shape index (κ3) is 6.68. The number of aliphatic hydroxyl groups excluding tert-OH is 2. The molecule has 0 aromatic heterocycles. The van der Waals surface area contributed by atoms with Crippen molar-refractivity contribution in [2.45, 2.75) is 123 Å². The van der Waals surface area contributed by atoms with Gasteiger partial charge in [-0.15, -0.1) is 0 Å². The van der Waals surface area contributed by atoms with Crippen LogP contribution in [0.4, 0.5) is 4.79 Å². The van der Waals surface area contributed by atoms with Crippen LogP contribution >= 0.6 is 0 Å². The Hall–Kier alpha value is -4.10. The number of hydrogen-bond donors (Lipinski definition) is 4. The molecule has 0 radical (unpaired) electrons. The number of hydrogen-bond acceptors (Lipinski definition) is 11. The Morgan fingerprint density at radius 3 is 2.13 bits per heavy atom. The molecule has 12 nitrogen and oxygen atoms in total. The Bertz CT molecular complexity index is 1850. The average Bonchev–Trinajstić information content (AvgIpc) is 3.12. The number of aliphatic hydroxyl groups is 3. The van der Waals surface area contributed by atoms with Crippen molar-refractivity contribution in [2.75, 3.05) is 6.61 Å². The molecule has 1 saturated heterocycles. The maximum absolute atomic E-state index is 14.7. The molecule has 1 heterocycles. The zero-order chi connectivity index (χ0) is 40.5. The fourth-order valence-corrected chi connectivity index (χ4v) is 10.2. The fraction of sp³-hybridized carbons (Fsp3) is 0.581. The molecule has 298 valence electrons. The lowest BCUT2D eigenvalue weighted by molar-refractivity contribution is -0.302. The number of Topliss-reactive ketones (excluding diaryl/α,β-unsaturated/α-hetero) is 1. The summed E-state index contributed by atoms with van der Waals surface area (Å²) in [5, 5.41) is 39.5. The third-order valence-corrected chi connectivity index (χ3v) is 13.2. The van der Waals surface area contributed by atoms with Crippen LogP contribution in [0.15, 0.2) is 71.8 Å². The van der Waals surface area contributed by atoms with E-state index in [2.05, 4.69) is 5.32 Å². The molecule has 1 unspecified atom stereocenters. The minimum absolute atomic E-state index is 0.137. The monoisotopic (exact) mass is 761 g/mol. The van der Waals surface area contributed by atoms with Gasteiger partial charge in [-0.1, -0.05) is 76.2 Å². The molecule has 2 saturated carbocycles.